The smallest absolute Gasteiger partial charge is 0.287 e. The van der Waals surface area contributed by atoms with E-state index in [1.165, 1.54) is 16.7 Å². The number of nitrogens with one attached hydrogen (secondary N) is 2. The Hall–Kier alpha value is -2.39. The van der Waals surface area contributed by atoms with E-state index in [2.05, 4.69) is 10.6 Å². The Morgan fingerprint density at radius 3 is 2.34 bits per heavy atom. The van der Waals surface area contributed by atoms with Crippen LogP contribution >= 0.6 is 11.8 Å². The van der Waals surface area contributed by atoms with Crippen molar-refractivity contribution in [3.8, 4) is 0 Å². The maximum Gasteiger partial charge on any atom is 0.287 e. The van der Waals surface area contributed by atoms with Crippen molar-refractivity contribution < 1.29 is 24.3 Å². The van der Waals surface area contributed by atoms with Crippen LogP contribution in [0.1, 0.15) is 40.2 Å². The Kier molecular flexibility index (Phi) is 8.86. The first-order valence-electron chi connectivity index (χ1n) is 10.7. The average molecular weight is 464 g/mol. The topological polar surface area (TPSA) is 116 Å². The first kappa shape index (κ1) is 25.9. The summed E-state index contributed by atoms with van der Waals surface area (Å²) in [6.45, 7) is 8.77. The second-order valence-electron chi connectivity index (χ2n) is 9.30. The van der Waals surface area contributed by atoms with Gasteiger partial charge >= 0.3 is 0 Å². The number of ketones is 1. The van der Waals surface area contributed by atoms with Crippen molar-refractivity contribution >= 4 is 35.3 Å². The number of aliphatic hydroxyl groups excluding tert-OH is 1. The number of aliphatic hydroxyl groups is 1. The van der Waals surface area contributed by atoms with Crippen molar-refractivity contribution in [2.24, 2.45) is 5.92 Å². The molecule has 1 fully saturated rings. The molecule has 1 aliphatic rings. The number of nitrogens with zero attached hydrogens (tertiary/aromatic N) is 1. The van der Waals surface area contributed by atoms with Crippen LogP contribution in [-0.4, -0.2) is 68.9 Å². The van der Waals surface area contributed by atoms with Gasteiger partial charge in [0.05, 0.1) is 11.9 Å². The molecule has 1 saturated heterocycles. The van der Waals surface area contributed by atoms with E-state index in [1.54, 1.807) is 13.8 Å². The van der Waals surface area contributed by atoms with E-state index in [-0.39, 0.29) is 18.2 Å². The lowest BCUT2D eigenvalue weighted by Crippen LogP contribution is -2.58. The van der Waals surface area contributed by atoms with Crippen LogP contribution in [0.3, 0.4) is 0 Å². The summed E-state index contributed by atoms with van der Waals surface area (Å²) < 4.78 is 0. The van der Waals surface area contributed by atoms with Crippen LogP contribution in [0.5, 0.6) is 0 Å². The molecule has 176 valence electrons. The van der Waals surface area contributed by atoms with Gasteiger partial charge in [-0.2, -0.15) is 0 Å². The van der Waals surface area contributed by atoms with Gasteiger partial charge in [0.2, 0.25) is 11.7 Å². The highest BCUT2D eigenvalue weighted by atomic mass is 32.2. The third-order valence-electron chi connectivity index (χ3n) is 4.96. The molecule has 32 heavy (non-hydrogen) atoms. The fraction of sp³-hybridized carbons (Fsp3) is 0.565. The molecule has 0 aliphatic carbocycles. The van der Waals surface area contributed by atoms with Crippen molar-refractivity contribution in [3.05, 3.63) is 35.9 Å². The lowest BCUT2D eigenvalue weighted by molar-refractivity contribution is -0.148. The highest BCUT2D eigenvalue weighted by Crippen LogP contribution is 2.23. The van der Waals surface area contributed by atoms with Gasteiger partial charge in [-0.1, -0.05) is 44.2 Å². The number of hydrogen-bond donors (Lipinski definition) is 3. The van der Waals surface area contributed by atoms with Gasteiger partial charge in [-0.05, 0) is 32.8 Å². The van der Waals surface area contributed by atoms with Crippen LogP contribution in [0.4, 0.5) is 0 Å². The number of carbonyl (C=O) groups is 4. The minimum atomic E-state index is -1.61. The molecule has 1 aliphatic heterocycles. The zero-order chi connectivity index (χ0) is 24.1. The number of thioether (sulfide) groups is 1. The van der Waals surface area contributed by atoms with Gasteiger partial charge in [0.25, 0.3) is 11.8 Å². The van der Waals surface area contributed by atoms with E-state index < -0.39 is 47.2 Å². The van der Waals surface area contributed by atoms with Crippen molar-refractivity contribution in [2.45, 2.75) is 64.8 Å². The van der Waals surface area contributed by atoms with E-state index >= 15 is 0 Å². The molecule has 3 amide bonds. The molecule has 1 aromatic rings. The van der Waals surface area contributed by atoms with Gasteiger partial charge in [0.15, 0.2) is 6.10 Å². The predicted octanol–water partition coefficient (Wildman–Crippen LogP) is 1.12. The number of hydrogen-bond acceptors (Lipinski definition) is 6. The fourth-order valence-electron chi connectivity index (χ4n) is 3.28. The van der Waals surface area contributed by atoms with E-state index in [1.807, 2.05) is 51.1 Å². The van der Waals surface area contributed by atoms with Crippen molar-refractivity contribution in [1.82, 2.24) is 15.5 Å². The largest absolute Gasteiger partial charge is 0.381 e. The van der Waals surface area contributed by atoms with Gasteiger partial charge in [-0.15, -0.1) is 11.8 Å². The number of benzene rings is 1. The SMILES string of the molecule is CC(C)C(=O)C(=O)N[C@@H](Cc1ccccc1)[C@H](O)C(=O)N1CSC[C@H]1C(=O)NC(C)(C)C. The lowest BCUT2D eigenvalue weighted by atomic mass is 9.98. The second-order valence-corrected chi connectivity index (χ2v) is 10.3. The Balaban J connectivity index is 2.21. The van der Waals surface area contributed by atoms with Crippen LogP contribution in [0.2, 0.25) is 0 Å². The quantitative estimate of drug-likeness (QED) is 0.498. The molecule has 0 radical (unpaired) electrons. The van der Waals surface area contributed by atoms with Crippen LogP contribution < -0.4 is 10.6 Å². The highest BCUT2D eigenvalue weighted by Gasteiger charge is 2.41. The molecule has 3 atom stereocenters. The van der Waals surface area contributed by atoms with Crippen molar-refractivity contribution in [2.75, 3.05) is 11.6 Å². The van der Waals surface area contributed by atoms with Crippen molar-refractivity contribution in [1.29, 1.82) is 0 Å². The minimum absolute atomic E-state index is 0.157. The third-order valence-corrected chi connectivity index (χ3v) is 5.98. The van der Waals surface area contributed by atoms with Crippen LogP contribution in [-0.2, 0) is 25.6 Å². The summed E-state index contributed by atoms with van der Waals surface area (Å²) in [7, 11) is 0. The molecule has 3 N–H and O–H groups in total. The molecule has 1 aromatic carbocycles. The van der Waals surface area contributed by atoms with Crippen molar-refractivity contribution in [3.63, 3.8) is 0 Å². The molecular weight excluding hydrogens is 430 g/mol. The first-order valence-corrected chi connectivity index (χ1v) is 11.8. The summed E-state index contributed by atoms with van der Waals surface area (Å²) >= 11 is 1.42. The summed E-state index contributed by atoms with van der Waals surface area (Å²) in [5, 5.41) is 16.4. The molecule has 1 heterocycles. The zero-order valence-corrected chi connectivity index (χ0v) is 20.1. The summed E-state index contributed by atoms with van der Waals surface area (Å²) in [6.07, 6.45) is -1.45. The standard InChI is InChI=1S/C23H33N3O5S/c1-14(2)18(27)21(30)24-16(11-15-9-7-6-8-10-15)19(28)22(31)26-13-32-12-17(26)20(29)25-23(3,4)5/h6-10,14,16-17,19,28H,11-13H2,1-5H3,(H,24,30)(H,25,29)/t16-,17-,19-/m0/s1. The summed E-state index contributed by atoms with van der Waals surface area (Å²) in [4.78, 5) is 51.7. The molecule has 9 heteroatoms. The third kappa shape index (κ3) is 7.06. The van der Waals surface area contributed by atoms with Gasteiger partial charge < -0.3 is 20.6 Å². The van der Waals surface area contributed by atoms with E-state index in [9.17, 15) is 24.3 Å². The highest BCUT2D eigenvalue weighted by molar-refractivity contribution is 7.99. The van der Waals surface area contributed by atoms with E-state index in [4.69, 9.17) is 0 Å². The van der Waals surface area contributed by atoms with Gasteiger partial charge in [-0.3, -0.25) is 19.2 Å². The summed E-state index contributed by atoms with van der Waals surface area (Å²) in [6, 6.07) is 7.35. The molecule has 0 aromatic heterocycles. The predicted molar refractivity (Wildman–Crippen MR) is 124 cm³/mol. The Bertz CT molecular complexity index is 838. The molecule has 0 bridgehead atoms. The average Bonchev–Trinajstić information content (AvgIpc) is 3.21. The van der Waals surface area contributed by atoms with Gasteiger partial charge in [0.1, 0.15) is 6.04 Å². The van der Waals surface area contributed by atoms with Gasteiger partial charge in [-0.25, -0.2) is 0 Å². The number of Topliss-reactive ketones (excluding diaryl/α,β-unsaturated/α-hetero) is 1. The molecule has 0 saturated carbocycles. The Labute approximate surface area is 193 Å². The van der Waals surface area contributed by atoms with E-state index in [0.717, 1.165) is 5.56 Å². The first-order chi connectivity index (χ1) is 14.9. The molecule has 0 unspecified atom stereocenters. The fourth-order valence-corrected chi connectivity index (χ4v) is 4.45. The van der Waals surface area contributed by atoms with Crippen LogP contribution in [0.15, 0.2) is 30.3 Å². The minimum Gasteiger partial charge on any atom is -0.381 e. The second kappa shape index (κ2) is 11.0. The Morgan fingerprint density at radius 2 is 1.78 bits per heavy atom. The number of amides is 3. The summed E-state index contributed by atoms with van der Waals surface area (Å²) in [5.74, 6) is -2.24. The molecule has 0 spiro atoms. The maximum atomic E-state index is 13.2. The zero-order valence-electron chi connectivity index (χ0n) is 19.3. The van der Waals surface area contributed by atoms with Crippen LogP contribution in [0, 0.1) is 5.92 Å². The Morgan fingerprint density at radius 1 is 1.16 bits per heavy atom. The van der Waals surface area contributed by atoms with E-state index in [0.29, 0.717) is 5.75 Å². The lowest BCUT2D eigenvalue weighted by Gasteiger charge is -2.31. The molecular formula is C23H33N3O5S. The monoisotopic (exact) mass is 463 g/mol. The molecule has 8 nitrogen and oxygen atoms in total. The van der Waals surface area contributed by atoms with Crippen LogP contribution in [0.25, 0.3) is 0 Å². The number of carbonyl (C=O) groups excluding carboxylic acids is 4. The normalized spacial score (nSPS) is 18.2. The number of rotatable bonds is 8. The maximum absolute atomic E-state index is 13.2. The molecule has 2 rings (SSSR count). The van der Waals surface area contributed by atoms with Gasteiger partial charge in [0, 0.05) is 17.2 Å². The summed E-state index contributed by atoms with van der Waals surface area (Å²) in [5.41, 5.74) is 0.332.